The Morgan fingerprint density at radius 1 is 1.24 bits per heavy atom. The molecule has 0 fully saturated rings. The van der Waals surface area contributed by atoms with Gasteiger partial charge in [0.25, 0.3) is 5.91 Å². The van der Waals surface area contributed by atoms with Crippen LogP contribution in [0, 0.1) is 5.92 Å². The highest BCUT2D eigenvalue weighted by Crippen LogP contribution is 2.23. The van der Waals surface area contributed by atoms with Crippen LogP contribution in [0.1, 0.15) is 29.9 Å². The van der Waals surface area contributed by atoms with Gasteiger partial charge in [-0.1, -0.05) is 26.0 Å². The second-order valence-corrected chi connectivity index (χ2v) is 7.32. The van der Waals surface area contributed by atoms with Crippen molar-refractivity contribution in [3.05, 3.63) is 53.9 Å². The Hall–Kier alpha value is -2.97. The van der Waals surface area contributed by atoms with Crippen molar-refractivity contribution in [1.29, 1.82) is 0 Å². The van der Waals surface area contributed by atoms with Crippen molar-refractivity contribution in [3.8, 4) is 5.75 Å². The molecule has 2 heterocycles. The number of hydrogen-bond donors (Lipinski definition) is 1. The molecule has 1 atom stereocenters. The molecule has 1 N–H and O–H groups in total. The Balaban J connectivity index is 1.66. The molecule has 1 aromatic heterocycles. The minimum atomic E-state index is -4.75. The third kappa shape index (κ3) is 5.10. The summed E-state index contributed by atoms with van der Waals surface area (Å²) in [4.78, 5) is 27.2. The van der Waals surface area contributed by atoms with Crippen molar-refractivity contribution in [1.82, 2.24) is 14.8 Å². The quantitative estimate of drug-likeness (QED) is 0.797. The normalized spacial score (nSPS) is 16.7. The number of rotatable bonds is 6. The fourth-order valence-electron chi connectivity index (χ4n) is 3.28. The summed E-state index contributed by atoms with van der Waals surface area (Å²) in [7, 11) is 0. The van der Waals surface area contributed by atoms with Gasteiger partial charge >= 0.3 is 6.36 Å². The lowest BCUT2D eigenvalue weighted by atomic mass is 10.1. The molecule has 1 unspecified atom stereocenters. The molecule has 1 aromatic carbocycles. The van der Waals surface area contributed by atoms with Crippen LogP contribution in [0.3, 0.4) is 0 Å². The lowest BCUT2D eigenvalue weighted by molar-refractivity contribution is -0.274. The van der Waals surface area contributed by atoms with Crippen LogP contribution >= 0.6 is 0 Å². The van der Waals surface area contributed by atoms with E-state index >= 15 is 0 Å². The minimum absolute atomic E-state index is 0.129. The summed E-state index contributed by atoms with van der Waals surface area (Å²) in [6.45, 7) is 4.88. The maximum absolute atomic E-state index is 12.8. The summed E-state index contributed by atoms with van der Waals surface area (Å²) in [6, 6.07) is 8.12. The molecule has 0 saturated carbocycles. The van der Waals surface area contributed by atoms with Crippen molar-refractivity contribution in [2.24, 2.45) is 5.92 Å². The third-order valence-corrected chi connectivity index (χ3v) is 4.54. The molecule has 2 amide bonds. The van der Waals surface area contributed by atoms with E-state index in [0.29, 0.717) is 24.3 Å². The molecule has 0 bridgehead atoms. The minimum Gasteiger partial charge on any atom is -0.406 e. The lowest BCUT2D eigenvalue weighted by Crippen LogP contribution is -2.55. The summed E-state index contributed by atoms with van der Waals surface area (Å²) < 4.78 is 42.3. The van der Waals surface area contributed by atoms with Crippen LogP contribution in [0.15, 0.2) is 42.6 Å². The van der Waals surface area contributed by atoms with Crippen molar-refractivity contribution >= 4 is 11.8 Å². The smallest absolute Gasteiger partial charge is 0.406 e. The van der Waals surface area contributed by atoms with Crippen molar-refractivity contribution in [2.45, 2.75) is 39.3 Å². The Morgan fingerprint density at radius 2 is 1.93 bits per heavy atom. The van der Waals surface area contributed by atoms with Crippen LogP contribution < -0.4 is 10.1 Å². The molecule has 1 aliphatic rings. The second-order valence-electron chi connectivity index (χ2n) is 7.32. The van der Waals surface area contributed by atoms with Crippen LogP contribution in [0.4, 0.5) is 13.2 Å². The molecule has 156 valence electrons. The number of aromatic nitrogens is 1. The number of nitrogens with one attached hydrogen (secondary N) is 1. The topological polar surface area (TPSA) is 63.6 Å². The van der Waals surface area contributed by atoms with Gasteiger partial charge in [0.15, 0.2) is 0 Å². The zero-order valence-electron chi connectivity index (χ0n) is 16.1. The van der Waals surface area contributed by atoms with Gasteiger partial charge in [0.05, 0.1) is 6.54 Å². The number of benzene rings is 1. The highest BCUT2D eigenvalue weighted by Gasteiger charge is 2.36. The van der Waals surface area contributed by atoms with Crippen LogP contribution in [0.5, 0.6) is 5.75 Å². The first-order chi connectivity index (χ1) is 13.6. The summed E-state index contributed by atoms with van der Waals surface area (Å²) >= 11 is 0. The Morgan fingerprint density at radius 3 is 2.55 bits per heavy atom. The highest BCUT2D eigenvalue weighted by atomic mass is 19.4. The Labute approximate surface area is 166 Å². The maximum Gasteiger partial charge on any atom is 0.573 e. The summed E-state index contributed by atoms with van der Waals surface area (Å²) in [6.07, 6.45) is -2.99. The van der Waals surface area contributed by atoms with Gasteiger partial charge in [0.1, 0.15) is 17.5 Å². The maximum atomic E-state index is 12.8. The second kappa shape index (κ2) is 8.18. The highest BCUT2D eigenvalue weighted by molar-refractivity contribution is 5.97. The van der Waals surface area contributed by atoms with E-state index in [1.54, 1.807) is 27.8 Å². The van der Waals surface area contributed by atoms with Gasteiger partial charge in [-0.05, 0) is 35.7 Å². The van der Waals surface area contributed by atoms with E-state index in [-0.39, 0.29) is 30.0 Å². The van der Waals surface area contributed by atoms with E-state index in [0.717, 1.165) is 0 Å². The van der Waals surface area contributed by atoms with Gasteiger partial charge in [-0.15, -0.1) is 13.2 Å². The molecule has 9 heteroatoms. The first kappa shape index (κ1) is 20.8. The zero-order valence-corrected chi connectivity index (χ0v) is 16.1. The van der Waals surface area contributed by atoms with Gasteiger partial charge < -0.3 is 19.5 Å². The zero-order chi connectivity index (χ0) is 21.2. The fraction of sp³-hybridized carbons (Fsp3) is 0.400. The van der Waals surface area contributed by atoms with Crippen LogP contribution in [0.2, 0.25) is 0 Å². The first-order valence-electron chi connectivity index (χ1n) is 9.22. The standard InChI is InChI=1S/C20H22F3N3O3/c1-13(2)11-26-17(12-25-9-3-4-16(25)19(26)28)18(27)24-10-14-5-7-15(8-6-14)29-20(21,22)23/h3-9,13,17H,10-12H2,1-2H3,(H,24,27). The summed E-state index contributed by atoms with van der Waals surface area (Å²) in [5, 5.41) is 2.77. The number of halogens is 3. The number of fused-ring (bicyclic) bond motifs is 1. The molecular weight excluding hydrogens is 387 g/mol. The number of nitrogens with zero attached hydrogens (tertiary/aromatic N) is 2. The van der Waals surface area contributed by atoms with Gasteiger partial charge in [0, 0.05) is 19.3 Å². The van der Waals surface area contributed by atoms with E-state index in [9.17, 15) is 22.8 Å². The van der Waals surface area contributed by atoms with Gasteiger partial charge in [-0.3, -0.25) is 9.59 Å². The van der Waals surface area contributed by atoms with Gasteiger partial charge in [-0.2, -0.15) is 0 Å². The van der Waals surface area contributed by atoms with Crippen molar-refractivity contribution in [2.75, 3.05) is 6.54 Å². The molecular formula is C20H22F3N3O3. The number of carbonyl (C=O) groups excluding carboxylic acids is 2. The van der Waals surface area contributed by atoms with E-state index in [2.05, 4.69) is 10.1 Å². The predicted octanol–water partition coefficient (Wildman–Crippen LogP) is 3.18. The molecule has 2 aromatic rings. The molecule has 29 heavy (non-hydrogen) atoms. The molecule has 0 aliphatic carbocycles. The number of amides is 2. The lowest BCUT2D eigenvalue weighted by Gasteiger charge is -2.36. The van der Waals surface area contributed by atoms with E-state index in [1.807, 2.05) is 13.8 Å². The predicted molar refractivity (Wildman–Crippen MR) is 99.1 cm³/mol. The monoisotopic (exact) mass is 409 g/mol. The molecule has 6 nitrogen and oxygen atoms in total. The average Bonchev–Trinajstić information content (AvgIpc) is 3.10. The van der Waals surface area contributed by atoms with Crippen molar-refractivity contribution in [3.63, 3.8) is 0 Å². The van der Waals surface area contributed by atoms with E-state index in [4.69, 9.17) is 0 Å². The summed E-state index contributed by atoms with van der Waals surface area (Å²) in [5.41, 5.74) is 1.17. The number of ether oxygens (including phenoxy) is 1. The molecule has 0 saturated heterocycles. The van der Waals surface area contributed by atoms with Crippen molar-refractivity contribution < 1.29 is 27.5 Å². The Kier molecular flexibility index (Phi) is 5.86. The average molecular weight is 409 g/mol. The molecule has 0 spiro atoms. The third-order valence-electron chi connectivity index (χ3n) is 4.54. The molecule has 1 aliphatic heterocycles. The summed E-state index contributed by atoms with van der Waals surface area (Å²) in [5.74, 6) is -0.636. The molecule has 0 radical (unpaired) electrons. The fourth-order valence-corrected chi connectivity index (χ4v) is 3.28. The number of carbonyl (C=O) groups is 2. The Bertz CT molecular complexity index is 875. The SMILES string of the molecule is CC(C)CN1C(=O)c2cccn2CC1C(=O)NCc1ccc(OC(F)(F)F)cc1. The van der Waals surface area contributed by atoms with Crippen LogP contribution in [-0.2, 0) is 17.9 Å². The van der Waals surface area contributed by atoms with Gasteiger partial charge in [0.2, 0.25) is 5.91 Å². The van der Waals surface area contributed by atoms with E-state index in [1.165, 1.54) is 24.3 Å². The largest absolute Gasteiger partial charge is 0.573 e. The van der Waals surface area contributed by atoms with Gasteiger partial charge in [-0.25, -0.2) is 0 Å². The molecule has 3 rings (SSSR count). The number of alkyl halides is 3. The first-order valence-corrected chi connectivity index (χ1v) is 9.22. The van der Waals surface area contributed by atoms with Crippen LogP contribution in [-0.4, -0.2) is 40.2 Å². The van der Waals surface area contributed by atoms with Crippen LogP contribution in [0.25, 0.3) is 0 Å². The number of hydrogen-bond acceptors (Lipinski definition) is 3. The van der Waals surface area contributed by atoms with E-state index < -0.39 is 12.4 Å².